The molecule has 4 nitrogen and oxygen atoms in total. The number of rotatable bonds is 5. The van der Waals surface area contributed by atoms with E-state index in [0.717, 1.165) is 22.6 Å². The van der Waals surface area contributed by atoms with Crippen molar-refractivity contribution < 1.29 is 14.3 Å². The first-order valence-corrected chi connectivity index (χ1v) is 8.12. The van der Waals surface area contributed by atoms with E-state index >= 15 is 0 Å². The molecule has 3 rings (SSSR count). The van der Waals surface area contributed by atoms with Gasteiger partial charge in [-0.3, -0.25) is 4.79 Å². The SMILES string of the molecule is Cc1ncc(CC(C)[C@@]2(c3cccc(F)c3)C[C@H]2C(=O)O)c(C)n1. The van der Waals surface area contributed by atoms with E-state index in [-0.39, 0.29) is 11.7 Å². The second-order valence-electron chi connectivity index (χ2n) is 6.78. The normalized spacial score (nSPS) is 23.8. The fraction of sp³-hybridized carbons (Fsp3) is 0.421. The highest BCUT2D eigenvalue weighted by Crippen LogP contribution is 2.60. The predicted molar refractivity (Wildman–Crippen MR) is 88.2 cm³/mol. The minimum absolute atomic E-state index is 0.0467. The van der Waals surface area contributed by atoms with Crippen LogP contribution in [-0.4, -0.2) is 21.0 Å². The molecule has 0 saturated heterocycles. The first-order chi connectivity index (χ1) is 11.3. The van der Waals surface area contributed by atoms with Crippen LogP contribution >= 0.6 is 0 Å². The Bertz CT molecular complexity index is 793. The van der Waals surface area contributed by atoms with Gasteiger partial charge in [0.2, 0.25) is 0 Å². The second-order valence-corrected chi connectivity index (χ2v) is 6.78. The zero-order chi connectivity index (χ0) is 17.5. The minimum Gasteiger partial charge on any atom is -0.481 e. The summed E-state index contributed by atoms with van der Waals surface area (Å²) >= 11 is 0. The molecule has 1 aromatic heterocycles. The highest BCUT2D eigenvalue weighted by atomic mass is 19.1. The monoisotopic (exact) mass is 328 g/mol. The van der Waals surface area contributed by atoms with E-state index in [0.29, 0.717) is 12.8 Å². The van der Waals surface area contributed by atoms with Crippen molar-refractivity contribution >= 4 is 5.97 Å². The lowest BCUT2D eigenvalue weighted by Crippen LogP contribution is -2.26. The van der Waals surface area contributed by atoms with Crippen LogP contribution in [0, 0.1) is 31.5 Å². The first-order valence-electron chi connectivity index (χ1n) is 8.12. The summed E-state index contributed by atoms with van der Waals surface area (Å²) in [4.78, 5) is 20.2. The average molecular weight is 328 g/mol. The van der Waals surface area contributed by atoms with Gasteiger partial charge in [0.05, 0.1) is 5.92 Å². The molecule has 1 N–H and O–H groups in total. The average Bonchev–Trinajstić information content (AvgIpc) is 3.27. The van der Waals surface area contributed by atoms with Gasteiger partial charge in [0.15, 0.2) is 0 Å². The van der Waals surface area contributed by atoms with E-state index in [4.69, 9.17) is 0 Å². The molecule has 1 aliphatic carbocycles. The van der Waals surface area contributed by atoms with Crippen LogP contribution in [0.25, 0.3) is 0 Å². The van der Waals surface area contributed by atoms with Crippen LogP contribution in [0.15, 0.2) is 30.5 Å². The van der Waals surface area contributed by atoms with Crippen molar-refractivity contribution in [2.45, 2.75) is 39.0 Å². The Morgan fingerprint density at radius 1 is 1.46 bits per heavy atom. The quantitative estimate of drug-likeness (QED) is 0.913. The Kier molecular flexibility index (Phi) is 4.11. The molecule has 2 aromatic rings. The smallest absolute Gasteiger partial charge is 0.307 e. The lowest BCUT2D eigenvalue weighted by atomic mass is 9.78. The number of carboxylic acid groups (broad SMARTS) is 1. The van der Waals surface area contributed by atoms with Crippen molar-refractivity contribution in [1.29, 1.82) is 0 Å². The van der Waals surface area contributed by atoms with Crippen LogP contribution < -0.4 is 0 Å². The summed E-state index contributed by atoms with van der Waals surface area (Å²) in [6.07, 6.45) is 3.02. The van der Waals surface area contributed by atoms with Crippen LogP contribution in [-0.2, 0) is 16.6 Å². The number of aryl methyl sites for hydroxylation is 2. The number of aliphatic carboxylic acids is 1. The number of carboxylic acids is 1. The van der Waals surface area contributed by atoms with Gasteiger partial charge in [0, 0.05) is 17.3 Å². The first kappa shape index (κ1) is 16.6. The molecule has 1 aromatic carbocycles. The second kappa shape index (κ2) is 5.96. The molecular formula is C19H21FN2O2. The molecule has 1 aliphatic rings. The van der Waals surface area contributed by atoms with Crippen LogP contribution in [0.2, 0.25) is 0 Å². The van der Waals surface area contributed by atoms with E-state index in [9.17, 15) is 14.3 Å². The summed E-state index contributed by atoms with van der Waals surface area (Å²) in [7, 11) is 0. The maximum Gasteiger partial charge on any atom is 0.307 e. The van der Waals surface area contributed by atoms with Gasteiger partial charge in [0.25, 0.3) is 0 Å². The molecule has 0 amide bonds. The Labute approximate surface area is 140 Å². The summed E-state index contributed by atoms with van der Waals surface area (Å²) in [6, 6.07) is 6.34. The van der Waals surface area contributed by atoms with Gasteiger partial charge in [-0.25, -0.2) is 14.4 Å². The largest absolute Gasteiger partial charge is 0.481 e. The molecule has 0 spiro atoms. The van der Waals surface area contributed by atoms with Crippen molar-refractivity contribution in [3.05, 3.63) is 58.9 Å². The molecule has 3 atom stereocenters. The lowest BCUT2D eigenvalue weighted by molar-refractivity contribution is -0.139. The molecule has 0 radical (unpaired) electrons. The molecule has 1 fully saturated rings. The van der Waals surface area contributed by atoms with Crippen molar-refractivity contribution in [3.8, 4) is 0 Å². The summed E-state index contributed by atoms with van der Waals surface area (Å²) in [5.74, 6) is -0.849. The maximum atomic E-state index is 13.7. The van der Waals surface area contributed by atoms with Gasteiger partial charge in [-0.15, -0.1) is 0 Å². The summed E-state index contributed by atoms with van der Waals surface area (Å²) in [5.41, 5.74) is 2.18. The number of aromatic nitrogens is 2. The summed E-state index contributed by atoms with van der Waals surface area (Å²) < 4.78 is 13.7. The van der Waals surface area contributed by atoms with Crippen LogP contribution in [0.1, 0.15) is 36.0 Å². The molecule has 1 unspecified atom stereocenters. The summed E-state index contributed by atoms with van der Waals surface area (Å²) in [5, 5.41) is 9.51. The van der Waals surface area contributed by atoms with Gasteiger partial charge in [-0.1, -0.05) is 19.1 Å². The Morgan fingerprint density at radius 2 is 2.21 bits per heavy atom. The predicted octanol–water partition coefficient (Wildman–Crippen LogP) is 3.45. The van der Waals surface area contributed by atoms with Gasteiger partial charge >= 0.3 is 5.97 Å². The van der Waals surface area contributed by atoms with E-state index in [1.165, 1.54) is 12.1 Å². The number of benzene rings is 1. The Balaban J connectivity index is 1.94. The Hall–Kier alpha value is -2.30. The van der Waals surface area contributed by atoms with E-state index in [2.05, 4.69) is 9.97 Å². The number of nitrogens with zero attached hydrogens (tertiary/aromatic N) is 2. The lowest BCUT2D eigenvalue weighted by Gasteiger charge is -2.26. The third-order valence-electron chi connectivity index (χ3n) is 5.27. The highest BCUT2D eigenvalue weighted by molar-refractivity contribution is 5.77. The molecular weight excluding hydrogens is 307 g/mol. The maximum absolute atomic E-state index is 13.7. The van der Waals surface area contributed by atoms with Gasteiger partial charge in [-0.2, -0.15) is 0 Å². The zero-order valence-corrected chi connectivity index (χ0v) is 14.1. The minimum atomic E-state index is -0.817. The van der Waals surface area contributed by atoms with Crippen LogP contribution in [0.3, 0.4) is 0 Å². The highest BCUT2D eigenvalue weighted by Gasteiger charge is 2.62. The number of hydrogen-bond donors (Lipinski definition) is 1. The van der Waals surface area contributed by atoms with Gasteiger partial charge in [0.1, 0.15) is 11.6 Å². The fourth-order valence-electron chi connectivity index (χ4n) is 3.83. The summed E-state index contributed by atoms with van der Waals surface area (Å²) in [6.45, 7) is 5.82. The molecule has 0 bridgehead atoms. The van der Waals surface area contributed by atoms with Gasteiger partial charge in [-0.05, 0) is 55.9 Å². The number of hydrogen-bond acceptors (Lipinski definition) is 3. The topological polar surface area (TPSA) is 63.1 Å². The van der Waals surface area contributed by atoms with Crippen LogP contribution in [0.5, 0.6) is 0 Å². The van der Waals surface area contributed by atoms with Crippen molar-refractivity contribution in [1.82, 2.24) is 9.97 Å². The molecule has 1 heterocycles. The van der Waals surface area contributed by atoms with Gasteiger partial charge < -0.3 is 5.11 Å². The fourth-order valence-corrected chi connectivity index (χ4v) is 3.83. The third kappa shape index (κ3) is 2.79. The third-order valence-corrected chi connectivity index (χ3v) is 5.27. The van der Waals surface area contributed by atoms with Crippen molar-refractivity contribution in [3.63, 3.8) is 0 Å². The molecule has 126 valence electrons. The standard InChI is InChI=1S/C19H21FN2O2/c1-11(7-14-10-21-13(3)22-12(14)2)19(9-17(19)18(23)24)15-5-4-6-16(20)8-15/h4-6,8,10-11,17H,7,9H2,1-3H3,(H,23,24)/t11?,17-,19+/m0/s1. The molecule has 0 aliphatic heterocycles. The van der Waals surface area contributed by atoms with E-state index < -0.39 is 17.3 Å². The molecule has 1 saturated carbocycles. The number of halogens is 1. The van der Waals surface area contributed by atoms with E-state index in [1.54, 1.807) is 6.07 Å². The molecule has 24 heavy (non-hydrogen) atoms. The van der Waals surface area contributed by atoms with Crippen LogP contribution in [0.4, 0.5) is 4.39 Å². The van der Waals surface area contributed by atoms with E-state index in [1.807, 2.05) is 33.0 Å². The zero-order valence-electron chi connectivity index (χ0n) is 14.1. The van der Waals surface area contributed by atoms with Crippen molar-refractivity contribution in [2.24, 2.45) is 11.8 Å². The Morgan fingerprint density at radius 3 is 2.79 bits per heavy atom. The number of carbonyl (C=O) groups is 1. The van der Waals surface area contributed by atoms with Crippen molar-refractivity contribution in [2.75, 3.05) is 0 Å². The molecule has 5 heteroatoms.